The van der Waals surface area contributed by atoms with Gasteiger partial charge in [0.2, 0.25) is 0 Å². The number of benzene rings is 2. The van der Waals surface area contributed by atoms with Crippen LogP contribution in [-0.4, -0.2) is 34.5 Å². The molecule has 150 valence electrons. The lowest BCUT2D eigenvalue weighted by molar-refractivity contribution is 0.00653. The van der Waals surface area contributed by atoms with Crippen molar-refractivity contribution in [3.8, 4) is 23.0 Å². The van der Waals surface area contributed by atoms with E-state index in [4.69, 9.17) is 23.7 Å². The van der Waals surface area contributed by atoms with Crippen LogP contribution < -0.4 is 18.9 Å². The van der Waals surface area contributed by atoms with E-state index in [1.807, 2.05) is 38.1 Å². The van der Waals surface area contributed by atoms with Crippen LogP contribution >= 0.6 is 0 Å². The Morgan fingerprint density at radius 1 is 0.714 bits per heavy atom. The number of ether oxygens (including phenoxy) is 5. The van der Waals surface area contributed by atoms with Gasteiger partial charge in [0.05, 0.1) is 40.6 Å². The molecule has 0 saturated heterocycles. The highest BCUT2D eigenvalue weighted by Gasteiger charge is 2.24. The highest BCUT2D eigenvalue weighted by Crippen LogP contribution is 2.40. The fraction of sp³-hybridized carbons (Fsp3) is 0.391. The summed E-state index contributed by atoms with van der Waals surface area (Å²) in [5.41, 5.74) is 4.34. The van der Waals surface area contributed by atoms with Crippen molar-refractivity contribution >= 4 is 12.2 Å². The van der Waals surface area contributed by atoms with Gasteiger partial charge in [0.15, 0.2) is 23.0 Å². The largest absolute Gasteiger partial charge is 0.493 e. The maximum absolute atomic E-state index is 6.31. The molecule has 2 aromatic rings. The number of methoxy groups -OCH3 is 4. The van der Waals surface area contributed by atoms with Crippen molar-refractivity contribution in [2.24, 2.45) is 0 Å². The first kappa shape index (κ1) is 20.1. The van der Waals surface area contributed by atoms with Crippen LogP contribution in [0.5, 0.6) is 23.0 Å². The third-order valence-corrected chi connectivity index (χ3v) is 4.87. The van der Waals surface area contributed by atoms with Gasteiger partial charge in [-0.25, -0.2) is 0 Å². The minimum absolute atomic E-state index is 0.0814. The minimum atomic E-state index is -0.128. The van der Waals surface area contributed by atoms with Gasteiger partial charge in [-0.15, -0.1) is 0 Å². The molecule has 0 bridgehead atoms. The van der Waals surface area contributed by atoms with E-state index in [1.54, 1.807) is 28.4 Å². The molecule has 5 heteroatoms. The molecule has 2 aromatic carbocycles. The van der Waals surface area contributed by atoms with E-state index in [0.717, 1.165) is 22.3 Å². The standard InChI is InChI=1S/C23H28O5/c1-14(2)28-19-11-17-12-22(26-5)20(24-3)9-15(17)7-8-16-10-21(25-4)23(27-6)13-18(16)19/h7-10,12-14,19H,11H2,1-6H3/b8-7-. The number of fused-ring (bicyclic) bond motifs is 2. The second-order valence-electron chi connectivity index (χ2n) is 6.95. The lowest BCUT2D eigenvalue weighted by Crippen LogP contribution is -2.16. The van der Waals surface area contributed by atoms with Crippen LogP contribution in [0.4, 0.5) is 0 Å². The molecule has 0 amide bonds. The molecule has 0 aliphatic heterocycles. The van der Waals surface area contributed by atoms with E-state index in [-0.39, 0.29) is 12.2 Å². The van der Waals surface area contributed by atoms with Crippen LogP contribution in [0.2, 0.25) is 0 Å². The van der Waals surface area contributed by atoms with Crippen LogP contribution in [0, 0.1) is 0 Å². The molecule has 0 aromatic heterocycles. The zero-order valence-corrected chi connectivity index (χ0v) is 17.4. The summed E-state index contributed by atoms with van der Waals surface area (Å²) in [6, 6.07) is 8.04. The quantitative estimate of drug-likeness (QED) is 0.708. The molecule has 1 aliphatic rings. The van der Waals surface area contributed by atoms with E-state index in [1.165, 1.54) is 0 Å². The third kappa shape index (κ3) is 3.94. The average molecular weight is 384 g/mol. The fourth-order valence-corrected chi connectivity index (χ4v) is 3.54. The zero-order chi connectivity index (χ0) is 20.3. The Morgan fingerprint density at radius 2 is 1.21 bits per heavy atom. The predicted octanol–water partition coefficient (Wildman–Crippen LogP) is 4.91. The molecule has 1 aliphatic carbocycles. The normalized spacial score (nSPS) is 16.5. The fourth-order valence-electron chi connectivity index (χ4n) is 3.54. The molecule has 3 rings (SSSR count). The molecule has 0 saturated carbocycles. The number of rotatable bonds is 6. The summed E-state index contributed by atoms with van der Waals surface area (Å²) in [7, 11) is 6.59. The highest BCUT2D eigenvalue weighted by molar-refractivity contribution is 5.76. The van der Waals surface area contributed by atoms with Gasteiger partial charge in [-0.3, -0.25) is 0 Å². The highest BCUT2D eigenvalue weighted by atomic mass is 16.5. The lowest BCUT2D eigenvalue weighted by Gasteiger charge is -2.26. The van der Waals surface area contributed by atoms with Gasteiger partial charge < -0.3 is 23.7 Å². The summed E-state index contributed by atoms with van der Waals surface area (Å²) in [4.78, 5) is 0. The monoisotopic (exact) mass is 384 g/mol. The Kier molecular flexibility index (Phi) is 6.15. The molecule has 0 fully saturated rings. The van der Waals surface area contributed by atoms with Crippen molar-refractivity contribution in [2.75, 3.05) is 28.4 Å². The van der Waals surface area contributed by atoms with Gasteiger partial charge in [0.1, 0.15) is 0 Å². The maximum Gasteiger partial charge on any atom is 0.161 e. The van der Waals surface area contributed by atoms with Gasteiger partial charge >= 0.3 is 0 Å². The van der Waals surface area contributed by atoms with E-state index in [2.05, 4.69) is 12.2 Å². The van der Waals surface area contributed by atoms with Gasteiger partial charge in [0.25, 0.3) is 0 Å². The second-order valence-corrected chi connectivity index (χ2v) is 6.95. The summed E-state index contributed by atoms with van der Waals surface area (Å²) in [5.74, 6) is 2.81. The van der Waals surface area contributed by atoms with Crippen LogP contribution in [0.3, 0.4) is 0 Å². The Hall–Kier alpha value is -2.66. The molecule has 0 heterocycles. The van der Waals surface area contributed by atoms with Gasteiger partial charge in [0, 0.05) is 6.42 Å². The van der Waals surface area contributed by atoms with Gasteiger partial charge in [-0.05, 0) is 60.4 Å². The van der Waals surface area contributed by atoms with Crippen molar-refractivity contribution in [3.05, 3.63) is 46.5 Å². The maximum atomic E-state index is 6.31. The van der Waals surface area contributed by atoms with Crippen molar-refractivity contribution in [1.82, 2.24) is 0 Å². The van der Waals surface area contributed by atoms with Crippen molar-refractivity contribution in [2.45, 2.75) is 32.5 Å². The first-order valence-corrected chi connectivity index (χ1v) is 9.35. The summed E-state index contributed by atoms with van der Waals surface area (Å²) >= 11 is 0. The SMILES string of the molecule is COc1cc2c(cc1OC)CC(OC(C)C)c1cc(OC)c(OC)cc1/C=C\2. The van der Waals surface area contributed by atoms with E-state index in [0.29, 0.717) is 29.4 Å². The lowest BCUT2D eigenvalue weighted by atomic mass is 9.90. The van der Waals surface area contributed by atoms with Crippen LogP contribution in [0.15, 0.2) is 24.3 Å². The third-order valence-electron chi connectivity index (χ3n) is 4.87. The number of hydrogen-bond donors (Lipinski definition) is 0. The zero-order valence-electron chi connectivity index (χ0n) is 17.4. The van der Waals surface area contributed by atoms with Gasteiger partial charge in [-0.2, -0.15) is 0 Å². The molecule has 1 unspecified atom stereocenters. The summed E-state index contributed by atoms with van der Waals surface area (Å²) in [6.07, 6.45) is 4.83. The Bertz CT molecular complexity index is 870. The molecule has 0 spiro atoms. The molecular weight excluding hydrogens is 356 g/mol. The van der Waals surface area contributed by atoms with Crippen molar-refractivity contribution in [1.29, 1.82) is 0 Å². The molecule has 28 heavy (non-hydrogen) atoms. The van der Waals surface area contributed by atoms with Crippen molar-refractivity contribution < 1.29 is 23.7 Å². The number of hydrogen-bond acceptors (Lipinski definition) is 5. The molecule has 0 N–H and O–H groups in total. The second kappa shape index (κ2) is 8.57. The van der Waals surface area contributed by atoms with E-state index < -0.39 is 0 Å². The van der Waals surface area contributed by atoms with E-state index >= 15 is 0 Å². The summed E-state index contributed by atoms with van der Waals surface area (Å²) in [6.45, 7) is 4.09. The van der Waals surface area contributed by atoms with Crippen LogP contribution in [0.25, 0.3) is 12.2 Å². The Labute approximate surface area is 166 Å². The van der Waals surface area contributed by atoms with Crippen molar-refractivity contribution in [3.63, 3.8) is 0 Å². The predicted molar refractivity (Wildman–Crippen MR) is 111 cm³/mol. The molecular formula is C23H28O5. The van der Waals surface area contributed by atoms with Crippen LogP contribution in [0.1, 0.15) is 42.2 Å². The van der Waals surface area contributed by atoms with Crippen LogP contribution in [-0.2, 0) is 11.2 Å². The minimum Gasteiger partial charge on any atom is -0.493 e. The van der Waals surface area contributed by atoms with E-state index in [9.17, 15) is 0 Å². The average Bonchev–Trinajstić information content (AvgIpc) is 2.69. The molecule has 1 atom stereocenters. The summed E-state index contributed by atoms with van der Waals surface area (Å²) in [5, 5.41) is 0. The topological polar surface area (TPSA) is 46.2 Å². The smallest absolute Gasteiger partial charge is 0.161 e. The molecule has 5 nitrogen and oxygen atoms in total. The Balaban J connectivity index is 2.18. The molecule has 0 radical (unpaired) electrons. The Morgan fingerprint density at radius 3 is 1.79 bits per heavy atom. The summed E-state index contributed by atoms with van der Waals surface area (Å²) < 4.78 is 28.3. The first-order valence-electron chi connectivity index (χ1n) is 9.35. The van der Waals surface area contributed by atoms with Gasteiger partial charge in [-0.1, -0.05) is 12.2 Å². The first-order chi connectivity index (χ1) is 13.5.